The smallest absolute Gasteiger partial charge is 0.332 e. The zero-order valence-corrected chi connectivity index (χ0v) is 10.6. The van der Waals surface area contributed by atoms with Crippen molar-refractivity contribution in [2.24, 2.45) is 0 Å². The summed E-state index contributed by atoms with van der Waals surface area (Å²) in [5.74, 6) is -0.974. The van der Waals surface area contributed by atoms with Gasteiger partial charge in [-0.1, -0.05) is 45.2 Å². The van der Waals surface area contributed by atoms with Gasteiger partial charge in [0.25, 0.3) is 0 Å². The van der Waals surface area contributed by atoms with E-state index in [0.717, 1.165) is 0 Å². The van der Waals surface area contributed by atoms with Crippen molar-refractivity contribution in [3.05, 3.63) is 39.4 Å². The average molecular weight is 310 g/mol. The summed E-state index contributed by atoms with van der Waals surface area (Å²) in [7, 11) is 0. The van der Waals surface area contributed by atoms with Crippen LogP contribution >= 0.6 is 39.1 Å². The third kappa shape index (κ3) is 3.52. The maximum absolute atomic E-state index is 10.7. The second kappa shape index (κ2) is 5.54. The molecule has 0 atom stereocenters. The lowest BCUT2D eigenvalue weighted by Crippen LogP contribution is -2.01. The van der Waals surface area contributed by atoms with Gasteiger partial charge < -0.3 is 5.11 Å². The number of hydrogen-bond donors (Lipinski definition) is 1. The molecule has 0 saturated carbocycles. The molecule has 0 radical (unpaired) electrons. The Morgan fingerprint density at radius 3 is 2.60 bits per heavy atom. The van der Waals surface area contributed by atoms with Gasteiger partial charge in [-0.25, -0.2) is 4.79 Å². The number of carboxylic acid groups (broad SMARTS) is 1. The molecular formula is C10H7BrCl2O2. The highest BCUT2D eigenvalue weighted by molar-refractivity contribution is 9.09. The zero-order chi connectivity index (χ0) is 11.4. The minimum Gasteiger partial charge on any atom is -0.478 e. The van der Waals surface area contributed by atoms with E-state index in [1.165, 1.54) is 6.08 Å². The second-order valence-corrected chi connectivity index (χ2v) is 4.18. The van der Waals surface area contributed by atoms with E-state index in [4.69, 9.17) is 28.3 Å². The summed E-state index contributed by atoms with van der Waals surface area (Å²) in [6.07, 6.45) is 1.51. The van der Waals surface area contributed by atoms with Crippen molar-refractivity contribution in [1.82, 2.24) is 0 Å². The minimum atomic E-state index is -0.974. The molecule has 15 heavy (non-hydrogen) atoms. The summed E-state index contributed by atoms with van der Waals surface area (Å²) in [5, 5.41) is 10.0. The third-order valence-corrected chi connectivity index (χ3v) is 2.88. The van der Waals surface area contributed by atoms with Crippen LogP contribution in [-0.4, -0.2) is 16.4 Å². The van der Waals surface area contributed by atoms with Gasteiger partial charge in [0, 0.05) is 20.9 Å². The molecule has 2 nitrogen and oxygen atoms in total. The van der Waals surface area contributed by atoms with Gasteiger partial charge >= 0.3 is 5.97 Å². The van der Waals surface area contributed by atoms with Crippen molar-refractivity contribution in [2.45, 2.75) is 0 Å². The Bertz CT molecular complexity index is 416. The standard InChI is InChI=1S/C10H7BrCl2O2/c11-5-7(10(14)15)3-6-1-2-8(12)4-9(6)13/h1-4H,5H2,(H,14,15)/b7-3+. The molecule has 0 amide bonds. The fraction of sp³-hybridized carbons (Fsp3) is 0.100. The van der Waals surface area contributed by atoms with E-state index in [-0.39, 0.29) is 10.9 Å². The largest absolute Gasteiger partial charge is 0.478 e. The number of rotatable bonds is 3. The van der Waals surface area contributed by atoms with Crippen LogP contribution in [0.2, 0.25) is 10.0 Å². The van der Waals surface area contributed by atoms with Crippen LogP contribution in [-0.2, 0) is 4.79 Å². The van der Waals surface area contributed by atoms with E-state index in [0.29, 0.717) is 15.6 Å². The van der Waals surface area contributed by atoms with Crippen molar-refractivity contribution in [3.63, 3.8) is 0 Å². The normalized spacial score (nSPS) is 11.5. The molecule has 0 aliphatic carbocycles. The Balaban J connectivity index is 3.12. The number of aliphatic carboxylic acids is 1. The first-order chi connectivity index (χ1) is 7.04. The van der Waals surface area contributed by atoms with Crippen molar-refractivity contribution in [2.75, 3.05) is 5.33 Å². The summed E-state index contributed by atoms with van der Waals surface area (Å²) in [6, 6.07) is 4.91. The first-order valence-corrected chi connectivity index (χ1v) is 5.87. The zero-order valence-electron chi connectivity index (χ0n) is 7.51. The summed E-state index contributed by atoms with van der Waals surface area (Å²) in [6.45, 7) is 0. The fourth-order valence-corrected chi connectivity index (χ4v) is 1.83. The number of alkyl halides is 1. The van der Waals surface area contributed by atoms with Gasteiger partial charge in [0.2, 0.25) is 0 Å². The maximum atomic E-state index is 10.7. The Hall–Kier alpha value is -0.510. The topological polar surface area (TPSA) is 37.3 Å². The van der Waals surface area contributed by atoms with Crippen molar-refractivity contribution < 1.29 is 9.90 Å². The first-order valence-electron chi connectivity index (χ1n) is 3.99. The predicted octanol–water partition coefficient (Wildman–Crippen LogP) is 3.86. The van der Waals surface area contributed by atoms with E-state index in [9.17, 15) is 4.79 Å². The highest BCUT2D eigenvalue weighted by atomic mass is 79.9. The lowest BCUT2D eigenvalue weighted by atomic mass is 10.1. The molecule has 1 aromatic rings. The minimum absolute atomic E-state index is 0.235. The van der Waals surface area contributed by atoms with Crippen LogP contribution in [0.4, 0.5) is 0 Å². The molecule has 0 bridgehead atoms. The Morgan fingerprint density at radius 2 is 2.13 bits per heavy atom. The van der Waals surface area contributed by atoms with Crippen LogP contribution in [0, 0.1) is 0 Å². The fourth-order valence-electron chi connectivity index (χ4n) is 0.964. The molecule has 80 valence electrons. The lowest BCUT2D eigenvalue weighted by Gasteiger charge is -2.01. The highest BCUT2D eigenvalue weighted by Crippen LogP contribution is 2.23. The van der Waals surface area contributed by atoms with Crippen LogP contribution in [0.15, 0.2) is 23.8 Å². The van der Waals surface area contributed by atoms with E-state index in [1.807, 2.05) is 0 Å². The van der Waals surface area contributed by atoms with Crippen molar-refractivity contribution >= 4 is 51.2 Å². The first kappa shape index (κ1) is 12.6. The number of carbonyl (C=O) groups is 1. The Kier molecular flexibility index (Phi) is 4.64. The molecule has 0 unspecified atom stereocenters. The molecular weight excluding hydrogens is 303 g/mol. The molecule has 0 heterocycles. The van der Waals surface area contributed by atoms with E-state index < -0.39 is 5.97 Å². The van der Waals surface area contributed by atoms with Gasteiger partial charge in [-0.15, -0.1) is 0 Å². The Morgan fingerprint density at radius 1 is 1.47 bits per heavy atom. The van der Waals surface area contributed by atoms with Crippen molar-refractivity contribution in [3.8, 4) is 0 Å². The molecule has 0 aromatic heterocycles. The van der Waals surface area contributed by atoms with Gasteiger partial charge in [0.1, 0.15) is 0 Å². The molecule has 1 aromatic carbocycles. The lowest BCUT2D eigenvalue weighted by molar-refractivity contribution is -0.132. The monoisotopic (exact) mass is 308 g/mol. The SMILES string of the molecule is O=C(O)/C(=C/c1ccc(Cl)cc1Cl)CBr. The van der Waals surface area contributed by atoms with Gasteiger partial charge in [-0.3, -0.25) is 0 Å². The van der Waals surface area contributed by atoms with Gasteiger partial charge in [0.15, 0.2) is 0 Å². The highest BCUT2D eigenvalue weighted by Gasteiger charge is 2.06. The molecule has 0 spiro atoms. The van der Waals surface area contributed by atoms with E-state index >= 15 is 0 Å². The van der Waals surface area contributed by atoms with Crippen LogP contribution in [0.3, 0.4) is 0 Å². The maximum Gasteiger partial charge on any atom is 0.332 e. The molecule has 0 aliphatic rings. The number of halogens is 3. The summed E-state index contributed by atoms with van der Waals surface area (Å²) < 4.78 is 0. The van der Waals surface area contributed by atoms with E-state index in [2.05, 4.69) is 15.9 Å². The second-order valence-electron chi connectivity index (χ2n) is 2.77. The third-order valence-electron chi connectivity index (χ3n) is 1.71. The number of carboxylic acids is 1. The summed E-state index contributed by atoms with van der Waals surface area (Å²) >= 11 is 14.7. The molecule has 1 N–H and O–H groups in total. The van der Waals surface area contributed by atoms with Gasteiger partial charge in [0.05, 0.1) is 0 Å². The van der Waals surface area contributed by atoms with E-state index in [1.54, 1.807) is 18.2 Å². The Labute approximate surface area is 106 Å². The number of hydrogen-bond acceptors (Lipinski definition) is 1. The van der Waals surface area contributed by atoms with Crippen LogP contribution < -0.4 is 0 Å². The van der Waals surface area contributed by atoms with Crippen molar-refractivity contribution in [1.29, 1.82) is 0 Å². The van der Waals surface area contributed by atoms with Gasteiger partial charge in [-0.05, 0) is 23.8 Å². The van der Waals surface area contributed by atoms with Crippen LogP contribution in [0.25, 0.3) is 6.08 Å². The molecule has 0 aliphatic heterocycles. The average Bonchev–Trinajstić information content (AvgIpc) is 2.16. The molecule has 5 heteroatoms. The van der Waals surface area contributed by atoms with Crippen LogP contribution in [0.5, 0.6) is 0 Å². The van der Waals surface area contributed by atoms with Crippen LogP contribution in [0.1, 0.15) is 5.56 Å². The predicted molar refractivity (Wildman–Crippen MR) is 65.9 cm³/mol. The summed E-state index contributed by atoms with van der Waals surface area (Å²) in [4.78, 5) is 10.7. The molecule has 0 fully saturated rings. The quantitative estimate of drug-likeness (QED) is 0.680. The van der Waals surface area contributed by atoms with Gasteiger partial charge in [-0.2, -0.15) is 0 Å². The summed E-state index contributed by atoms with van der Waals surface area (Å²) in [5.41, 5.74) is 0.872. The number of benzene rings is 1. The molecule has 1 rings (SSSR count). The molecule has 0 saturated heterocycles.